The Kier molecular flexibility index (Phi) is 3.31. The second kappa shape index (κ2) is 5.78. The van der Waals surface area contributed by atoms with E-state index in [0.29, 0.717) is 11.7 Å². The van der Waals surface area contributed by atoms with Crippen LogP contribution in [-0.4, -0.2) is 31.3 Å². The van der Waals surface area contributed by atoms with Gasteiger partial charge in [0.15, 0.2) is 0 Å². The lowest BCUT2D eigenvalue weighted by molar-refractivity contribution is 0.0835. The van der Waals surface area contributed by atoms with Gasteiger partial charge in [0, 0.05) is 18.4 Å². The van der Waals surface area contributed by atoms with Crippen LogP contribution in [0.15, 0.2) is 53.4 Å². The van der Waals surface area contributed by atoms with E-state index in [0.717, 1.165) is 41.9 Å². The molecule has 1 fully saturated rings. The predicted molar refractivity (Wildman–Crippen MR) is 90.1 cm³/mol. The van der Waals surface area contributed by atoms with E-state index in [1.165, 1.54) is 0 Å². The first-order chi connectivity index (χ1) is 12.4. The molecule has 7 nitrogen and oxygen atoms in total. The van der Waals surface area contributed by atoms with Crippen LogP contribution < -0.4 is 0 Å². The first kappa shape index (κ1) is 14.3. The molecule has 4 aromatic rings. The Morgan fingerprint density at radius 3 is 2.88 bits per heavy atom. The fourth-order valence-electron chi connectivity index (χ4n) is 3.06. The lowest BCUT2D eigenvalue weighted by atomic mass is 10.2. The molecule has 1 unspecified atom stereocenters. The van der Waals surface area contributed by atoms with E-state index in [9.17, 15) is 0 Å². The van der Waals surface area contributed by atoms with Gasteiger partial charge in [0.1, 0.15) is 18.2 Å². The molecule has 0 spiro atoms. The molecule has 124 valence electrons. The zero-order valence-corrected chi connectivity index (χ0v) is 13.4. The number of ether oxygens (including phenoxy) is 1. The Bertz CT molecular complexity index is 1020. The molecule has 1 saturated heterocycles. The molecule has 7 heteroatoms. The largest absolute Gasteiger partial charge is 0.368 e. The second-order valence-corrected chi connectivity index (χ2v) is 5.97. The van der Waals surface area contributed by atoms with Gasteiger partial charge in [-0.25, -0.2) is 9.97 Å². The highest BCUT2D eigenvalue weighted by Gasteiger charge is 2.24. The summed E-state index contributed by atoms with van der Waals surface area (Å²) in [5.41, 5.74) is 2.76. The monoisotopic (exact) mass is 333 g/mol. The Morgan fingerprint density at radius 1 is 1.08 bits per heavy atom. The summed E-state index contributed by atoms with van der Waals surface area (Å²) in [5, 5.41) is 4.05. The van der Waals surface area contributed by atoms with Gasteiger partial charge < -0.3 is 9.26 Å². The minimum Gasteiger partial charge on any atom is -0.368 e. The molecule has 1 aliphatic heterocycles. The van der Waals surface area contributed by atoms with Gasteiger partial charge >= 0.3 is 0 Å². The van der Waals surface area contributed by atoms with Crippen LogP contribution in [-0.2, 0) is 4.74 Å². The van der Waals surface area contributed by atoms with Crippen LogP contribution in [0.1, 0.15) is 24.8 Å². The van der Waals surface area contributed by atoms with Crippen molar-refractivity contribution in [2.75, 3.05) is 6.61 Å². The minimum atomic E-state index is -0.0780. The van der Waals surface area contributed by atoms with Crippen LogP contribution in [0.4, 0.5) is 0 Å². The van der Waals surface area contributed by atoms with Crippen molar-refractivity contribution in [3.8, 4) is 17.2 Å². The fraction of sp³-hybridized carbons (Fsp3) is 0.222. The third-order valence-corrected chi connectivity index (χ3v) is 4.35. The number of aromatic nitrogens is 5. The van der Waals surface area contributed by atoms with Gasteiger partial charge in [-0.15, -0.1) is 0 Å². The number of para-hydroxylation sites is 2. The third kappa shape index (κ3) is 2.49. The maximum atomic E-state index is 5.58. The lowest BCUT2D eigenvalue weighted by Gasteiger charge is -2.03. The topological polar surface area (TPSA) is 78.9 Å². The highest BCUT2D eigenvalue weighted by atomic mass is 16.5. The number of pyridine rings is 1. The number of imidazole rings is 1. The first-order valence-corrected chi connectivity index (χ1v) is 8.22. The van der Waals surface area contributed by atoms with Gasteiger partial charge in [0.05, 0.1) is 11.0 Å². The lowest BCUT2D eigenvalue weighted by Crippen LogP contribution is -1.97. The summed E-state index contributed by atoms with van der Waals surface area (Å²) in [6.45, 7) is 0.748. The van der Waals surface area contributed by atoms with E-state index in [-0.39, 0.29) is 6.10 Å². The zero-order valence-electron chi connectivity index (χ0n) is 13.4. The molecule has 1 aliphatic rings. The van der Waals surface area contributed by atoms with Gasteiger partial charge in [-0.3, -0.25) is 4.57 Å². The van der Waals surface area contributed by atoms with Crippen molar-refractivity contribution in [1.82, 2.24) is 24.7 Å². The maximum Gasteiger partial charge on any atom is 0.256 e. The van der Waals surface area contributed by atoms with Crippen LogP contribution >= 0.6 is 0 Å². The number of hydrogen-bond acceptors (Lipinski definition) is 6. The standard InChI is InChI=1S/C18H15N5O2/c1-2-5-14-13(4-1)20-11-23(14)16-8-7-12(10-19-16)17-21-18(25-22-17)15-6-3-9-24-15/h1-2,4-5,7-8,10-11,15H,3,6,9H2. The molecule has 25 heavy (non-hydrogen) atoms. The van der Waals surface area contributed by atoms with E-state index in [4.69, 9.17) is 9.26 Å². The molecular weight excluding hydrogens is 318 g/mol. The van der Waals surface area contributed by atoms with Gasteiger partial charge in [-0.1, -0.05) is 17.3 Å². The van der Waals surface area contributed by atoms with Gasteiger partial charge in [0.25, 0.3) is 5.89 Å². The van der Waals surface area contributed by atoms with Crippen LogP contribution in [0.2, 0.25) is 0 Å². The fourth-order valence-corrected chi connectivity index (χ4v) is 3.06. The van der Waals surface area contributed by atoms with Crippen LogP contribution in [0.5, 0.6) is 0 Å². The summed E-state index contributed by atoms with van der Waals surface area (Å²) >= 11 is 0. The van der Waals surface area contributed by atoms with Crippen molar-refractivity contribution in [2.45, 2.75) is 18.9 Å². The van der Waals surface area contributed by atoms with Gasteiger partial charge in [-0.2, -0.15) is 4.98 Å². The smallest absolute Gasteiger partial charge is 0.256 e. The Labute approximate surface area is 143 Å². The Morgan fingerprint density at radius 2 is 2.04 bits per heavy atom. The van der Waals surface area contributed by atoms with E-state index in [1.807, 2.05) is 41.0 Å². The maximum absolute atomic E-state index is 5.58. The number of rotatable bonds is 3. The SMILES string of the molecule is c1ccc2c(c1)ncn2-c1ccc(-c2noc(C3CCCO3)n2)cn1. The minimum absolute atomic E-state index is 0.0780. The van der Waals surface area contributed by atoms with E-state index < -0.39 is 0 Å². The number of benzene rings is 1. The quantitative estimate of drug-likeness (QED) is 0.572. The molecule has 0 amide bonds. The average molecular weight is 333 g/mol. The molecule has 3 aromatic heterocycles. The molecule has 0 saturated carbocycles. The third-order valence-electron chi connectivity index (χ3n) is 4.35. The average Bonchev–Trinajstić information content (AvgIpc) is 3.40. The summed E-state index contributed by atoms with van der Waals surface area (Å²) in [6.07, 6.45) is 5.39. The number of nitrogens with zero attached hydrogens (tertiary/aromatic N) is 5. The van der Waals surface area contributed by atoms with Crippen molar-refractivity contribution in [1.29, 1.82) is 0 Å². The van der Waals surface area contributed by atoms with E-state index in [1.54, 1.807) is 12.5 Å². The molecular formula is C18H15N5O2. The molecule has 5 rings (SSSR count). The van der Waals surface area contributed by atoms with Crippen molar-refractivity contribution in [2.24, 2.45) is 0 Å². The Hall–Kier alpha value is -3.06. The number of fused-ring (bicyclic) bond motifs is 1. The normalized spacial score (nSPS) is 17.4. The number of hydrogen-bond donors (Lipinski definition) is 0. The summed E-state index contributed by atoms with van der Waals surface area (Å²) in [4.78, 5) is 13.4. The van der Waals surface area contributed by atoms with Crippen LogP contribution in [0.25, 0.3) is 28.2 Å². The van der Waals surface area contributed by atoms with Crippen molar-refractivity contribution < 1.29 is 9.26 Å². The van der Waals surface area contributed by atoms with Crippen LogP contribution in [0, 0.1) is 0 Å². The summed E-state index contributed by atoms with van der Waals surface area (Å²) in [6, 6.07) is 11.8. The van der Waals surface area contributed by atoms with Gasteiger partial charge in [0.2, 0.25) is 5.82 Å². The molecule has 1 atom stereocenters. The molecule has 1 aromatic carbocycles. The van der Waals surface area contributed by atoms with Crippen molar-refractivity contribution in [3.05, 3.63) is 54.8 Å². The van der Waals surface area contributed by atoms with Crippen molar-refractivity contribution in [3.63, 3.8) is 0 Å². The second-order valence-electron chi connectivity index (χ2n) is 5.97. The highest BCUT2D eigenvalue weighted by Crippen LogP contribution is 2.28. The van der Waals surface area contributed by atoms with E-state index >= 15 is 0 Å². The highest BCUT2D eigenvalue weighted by molar-refractivity contribution is 5.76. The summed E-state index contributed by atoms with van der Waals surface area (Å²) in [7, 11) is 0. The molecule has 0 bridgehead atoms. The predicted octanol–water partition coefficient (Wildman–Crippen LogP) is 3.32. The molecule has 4 heterocycles. The summed E-state index contributed by atoms with van der Waals surface area (Å²) in [5.74, 6) is 1.86. The summed E-state index contributed by atoms with van der Waals surface area (Å²) < 4.78 is 12.9. The van der Waals surface area contributed by atoms with E-state index in [2.05, 4.69) is 20.1 Å². The van der Waals surface area contributed by atoms with Crippen molar-refractivity contribution >= 4 is 11.0 Å². The Balaban J connectivity index is 1.45. The van der Waals surface area contributed by atoms with Gasteiger partial charge in [-0.05, 0) is 37.1 Å². The zero-order chi connectivity index (χ0) is 16.6. The molecule has 0 N–H and O–H groups in total. The first-order valence-electron chi connectivity index (χ1n) is 8.22. The molecule has 0 aliphatic carbocycles. The van der Waals surface area contributed by atoms with Crippen LogP contribution in [0.3, 0.4) is 0 Å². The molecule has 0 radical (unpaired) electrons.